The number of carbonyl (C=O) groups excluding carboxylic acids is 3. The van der Waals surface area contributed by atoms with Crippen LogP contribution in [0.2, 0.25) is 0 Å². The van der Waals surface area contributed by atoms with E-state index in [2.05, 4.69) is 17.1 Å². The number of nitrogens with one attached hydrogen (secondary N) is 1. The van der Waals surface area contributed by atoms with Gasteiger partial charge in [0.1, 0.15) is 11.4 Å². The third kappa shape index (κ3) is 3.81. The second-order valence-corrected chi connectivity index (χ2v) is 7.72. The highest BCUT2D eigenvalue weighted by Crippen LogP contribution is 2.39. The number of hydrogen-bond donors (Lipinski definition) is 1. The fourth-order valence-corrected chi connectivity index (χ4v) is 4.15. The average Bonchev–Trinajstić information content (AvgIpc) is 3.13. The van der Waals surface area contributed by atoms with E-state index >= 15 is 0 Å². The van der Waals surface area contributed by atoms with E-state index in [0.717, 1.165) is 45.2 Å². The Balaban J connectivity index is 1.70. The van der Waals surface area contributed by atoms with Gasteiger partial charge in [-0.25, -0.2) is 0 Å². The zero-order valence-corrected chi connectivity index (χ0v) is 15.7. The minimum Gasteiger partial charge on any atom is -0.342 e. The largest absolute Gasteiger partial charge is 0.342 e. The minimum atomic E-state index is -0.159. The van der Waals surface area contributed by atoms with Crippen LogP contribution >= 0.6 is 0 Å². The van der Waals surface area contributed by atoms with Gasteiger partial charge in [0, 0.05) is 44.9 Å². The summed E-state index contributed by atoms with van der Waals surface area (Å²) in [6, 6.07) is 1.53. The maximum Gasteiger partial charge on any atom is 0.271 e. The maximum atomic E-state index is 12.8. The molecule has 2 amide bonds. The van der Waals surface area contributed by atoms with Crippen molar-refractivity contribution in [3.63, 3.8) is 0 Å². The van der Waals surface area contributed by atoms with E-state index in [9.17, 15) is 14.4 Å². The van der Waals surface area contributed by atoms with Crippen LogP contribution in [0.4, 0.5) is 0 Å². The normalized spacial score (nSPS) is 23.5. The van der Waals surface area contributed by atoms with Gasteiger partial charge in [0.05, 0.1) is 0 Å². The Labute approximate surface area is 154 Å². The summed E-state index contributed by atoms with van der Waals surface area (Å²) in [4.78, 5) is 40.3. The van der Waals surface area contributed by atoms with Crippen LogP contribution in [0.1, 0.15) is 73.3 Å². The molecule has 2 fully saturated rings. The molecule has 0 unspecified atom stereocenters. The zero-order chi connectivity index (χ0) is 18.7. The molecule has 2 saturated heterocycles. The summed E-state index contributed by atoms with van der Waals surface area (Å²) < 4.78 is 0. The van der Waals surface area contributed by atoms with Gasteiger partial charge in [0.25, 0.3) is 5.91 Å². The topological polar surface area (TPSA) is 86.4 Å². The van der Waals surface area contributed by atoms with Crippen molar-refractivity contribution in [2.45, 2.75) is 52.4 Å². The lowest BCUT2D eigenvalue weighted by atomic mass is 9.73. The second-order valence-electron chi connectivity index (χ2n) is 7.72. The third-order valence-corrected chi connectivity index (χ3v) is 5.65. The lowest BCUT2D eigenvalue weighted by Crippen LogP contribution is -2.55. The Hall–Kier alpha value is -2.18. The van der Waals surface area contributed by atoms with E-state index in [1.807, 2.05) is 9.80 Å². The molecule has 142 valence electrons. The molecule has 3 rings (SSSR count). The first-order valence-electron chi connectivity index (χ1n) is 9.57. The number of H-pyrrole nitrogens is 1. The van der Waals surface area contributed by atoms with Gasteiger partial charge in [-0.15, -0.1) is 0 Å². The molecule has 7 nitrogen and oxygen atoms in total. The highest BCUT2D eigenvalue weighted by molar-refractivity contribution is 5.97. The van der Waals surface area contributed by atoms with E-state index in [0.29, 0.717) is 25.2 Å². The standard InChI is InChI=1S/C19H28N4O3/c1-3-4-9-22-12-19(8-6-17(22)25)7-5-10-23(13-19)18(26)16-11-15(14(2)24)20-21-16/h11H,3-10,12-13H2,1-2H3,(H,20,21)/t19-/m1/s1. The Morgan fingerprint density at radius 3 is 2.81 bits per heavy atom. The first-order chi connectivity index (χ1) is 12.4. The summed E-state index contributed by atoms with van der Waals surface area (Å²) in [5.41, 5.74) is 0.648. The highest BCUT2D eigenvalue weighted by atomic mass is 16.2. The predicted octanol–water partition coefficient (Wildman–Crippen LogP) is 2.26. The summed E-state index contributed by atoms with van der Waals surface area (Å²) in [5.74, 6) is -0.0268. The molecular formula is C19H28N4O3. The van der Waals surface area contributed by atoms with Gasteiger partial charge < -0.3 is 9.80 Å². The first kappa shape index (κ1) is 18.6. The van der Waals surface area contributed by atoms with Crippen LogP contribution in [-0.2, 0) is 4.79 Å². The Kier molecular flexibility index (Phi) is 5.44. The number of nitrogens with zero attached hydrogens (tertiary/aromatic N) is 3. The molecular weight excluding hydrogens is 332 g/mol. The number of rotatable bonds is 5. The fourth-order valence-electron chi connectivity index (χ4n) is 4.15. The third-order valence-electron chi connectivity index (χ3n) is 5.65. The molecule has 3 heterocycles. The van der Waals surface area contributed by atoms with Crippen LogP contribution in [0.5, 0.6) is 0 Å². The smallest absolute Gasteiger partial charge is 0.271 e. The van der Waals surface area contributed by atoms with Gasteiger partial charge in [-0.3, -0.25) is 19.5 Å². The zero-order valence-electron chi connectivity index (χ0n) is 15.7. The molecule has 0 aliphatic carbocycles. The van der Waals surface area contributed by atoms with Crippen molar-refractivity contribution in [3.8, 4) is 0 Å². The van der Waals surface area contributed by atoms with E-state index in [-0.39, 0.29) is 28.7 Å². The van der Waals surface area contributed by atoms with Crippen LogP contribution in [0.25, 0.3) is 0 Å². The second kappa shape index (κ2) is 7.60. The monoisotopic (exact) mass is 360 g/mol. The molecule has 0 bridgehead atoms. The molecule has 2 aliphatic heterocycles. The van der Waals surface area contributed by atoms with Crippen molar-refractivity contribution in [1.29, 1.82) is 0 Å². The molecule has 0 aromatic carbocycles. The summed E-state index contributed by atoms with van der Waals surface area (Å²) in [6.07, 6.45) is 5.50. The maximum absolute atomic E-state index is 12.8. The Morgan fingerprint density at radius 2 is 2.12 bits per heavy atom. The number of Topliss-reactive ketones (excluding diaryl/α,β-unsaturated/α-hetero) is 1. The van der Waals surface area contributed by atoms with Crippen LogP contribution in [0.3, 0.4) is 0 Å². The van der Waals surface area contributed by atoms with Crippen LogP contribution in [-0.4, -0.2) is 63.8 Å². The Bertz CT molecular complexity index is 699. The molecule has 0 saturated carbocycles. The van der Waals surface area contributed by atoms with E-state index in [1.165, 1.54) is 13.0 Å². The number of likely N-dealkylation sites (tertiary alicyclic amines) is 2. The molecule has 1 N–H and O–H groups in total. The lowest BCUT2D eigenvalue weighted by Gasteiger charge is -2.48. The quantitative estimate of drug-likeness (QED) is 0.816. The lowest BCUT2D eigenvalue weighted by molar-refractivity contribution is -0.139. The number of unbranched alkanes of at least 4 members (excludes halogenated alkanes) is 1. The minimum absolute atomic E-state index is 0.00100. The van der Waals surface area contributed by atoms with Crippen LogP contribution in [0, 0.1) is 5.41 Å². The van der Waals surface area contributed by atoms with Gasteiger partial charge in [0.15, 0.2) is 5.78 Å². The highest BCUT2D eigenvalue weighted by Gasteiger charge is 2.42. The van der Waals surface area contributed by atoms with E-state index in [1.54, 1.807) is 0 Å². The Morgan fingerprint density at radius 1 is 1.31 bits per heavy atom. The molecule has 2 aliphatic rings. The summed E-state index contributed by atoms with van der Waals surface area (Å²) in [6.45, 7) is 6.49. The van der Waals surface area contributed by atoms with Crippen LogP contribution in [0.15, 0.2) is 6.07 Å². The summed E-state index contributed by atoms with van der Waals surface area (Å²) >= 11 is 0. The molecule has 1 aromatic heterocycles. The number of piperidine rings is 2. The number of hydrogen-bond acceptors (Lipinski definition) is 4. The molecule has 1 aromatic rings. The molecule has 26 heavy (non-hydrogen) atoms. The van der Waals surface area contributed by atoms with E-state index < -0.39 is 0 Å². The predicted molar refractivity (Wildman–Crippen MR) is 96.9 cm³/mol. The first-order valence-corrected chi connectivity index (χ1v) is 9.57. The van der Waals surface area contributed by atoms with Crippen molar-refractivity contribution >= 4 is 17.6 Å². The fraction of sp³-hybridized carbons (Fsp3) is 0.684. The van der Waals surface area contributed by atoms with E-state index in [4.69, 9.17) is 0 Å². The SMILES string of the molecule is CCCCN1C[C@@]2(CCCN(C(=O)c3cc(C(C)=O)n[nH]3)C2)CCC1=O. The molecule has 1 atom stereocenters. The van der Waals surface area contributed by atoms with Crippen molar-refractivity contribution in [3.05, 3.63) is 17.5 Å². The molecule has 7 heteroatoms. The van der Waals surface area contributed by atoms with Crippen molar-refractivity contribution < 1.29 is 14.4 Å². The van der Waals surface area contributed by atoms with Gasteiger partial charge in [0.2, 0.25) is 5.91 Å². The van der Waals surface area contributed by atoms with Crippen LogP contribution < -0.4 is 0 Å². The van der Waals surface area contributed by atoms with Gasteiger partial charge in [-0.1, -0.05) is 13.3 Å². The molecule has 1 spiro atoms. The number of ketones is 1. The van der Waals surface area contributed by atoms with Gasteiger partial charge in [-0.05, 0) is 31.7 Å². The molecule has 0 radical (unpaired) electrons. The summed E-state index contributed by atoms with van der Waals surface area (Å²) in [5, 5.41) is 6.61. The number of carbonyl (C=O) groups is 3. The van der Waals surface area contributed by atoms with Crippen molar-refractivity contribution in [2.24, 2.45) is 5.41 Å². The number of aromatic nitrogens is 2. The average molecular weight is 360 g/mol. The van der Waals surface area contributed by atoms with Crippen molar-refractivity contribution in [2.75, 3.05) is 26.2 Å². The number of aromatic amines is 1. The van der Waals surface area contributed by atoms with Gasteiger partial charge >= 0.3 is 0 Å². The van der Waals surface area contributed by atoms with Crippen molar-refractivity contribution in [1.82, 2.24) is 20.0 Å². The summed E-state index contributed by atoms with van der Waals surface area (Å²) in [7, 11) is 0. The number of amides is 2. The van der Waals surface area contributed by atoms with Gasteiger partial charge in [-0.2, -0.15) is 5.10 Å².